The molecule has 0 bridgehead atoms. The van der Waals surface area contributed by atoms with Gasteiger partial charge in [-0.3, -0.25) is 4.79 Å². The van der Waals surface area contributed by atoms with Crippen LogP contribution in [0.4, 0.5) is 0 Å². The van der Waals surface area contributed by atoms with Crippen LogP contribution in [0.5, 0.6) is 0 Å². The average molecular weight is 179 g/mol. The largest absolute Gasteiger partial charge is 0.379 e. The Labute approximate surface area is 78.0 Å². The number of ether oxygens (including phenoxy) is 1. The van der Waals surface area contributed by atoms with Gasteiger partial charge >= 0.3 is 0 Å². The molecule has 13 heavy (non-hydrogen) atoms. The second-order valence-electron chi connectivity index (χ2n) is 4.13. The molecule has 0 aromatic heterocycles. The molecule has 1 amide bonds. The number of carbonyl (C=O) groups excluding carboxylic acids is 1. The molecule has 0 radical (unpaired) electrons. The minimum atomic E-state index is -0.264. The summed E-state index contributed by atoms with van der Waals surface area (Å²) in [5.74, 6) is 3.12. The van der Waals surface area contributed by atoms with E-state index in [-0.39, 0.29) is 17.2 Å². The van der Waals surface area contributed by atoms with E-state index in [0.717, 1.165) is 13.1 Å². The first-order valence-electron chi connectivity index (χ1n) is 4.49. The summed E-state index contributed by atoms with van der Waals surface area (Å²) in [6, 6.07) is 0. The highest BCUT2D eigenvalue weighted by atomic mass is 16.5. The third kappa shape index (κ3) is 1.22. The highest BCUT2D eigenvalue weighted by Gasteiger charge is 2.46. The van der Waals surface area contributed by atoms with Crippen LogP contribution in [0.25, 0.3) is 0 Å². The van der Waals surface area contributed by atoms with Gasteiger partial charge in [0.25, 0.3) is 0 Å². The average Bonchev–Trinajstić information content (AvgIpc) is 1.98. The van der Waals surface area contributed by atoms with Gasteiger partial charge in [0.1, 0.15) is 0 Å². The van der Waals surface area contributed by atoms with Crippen molar-refractivity contribution in [3.8, 4) is 12.3 Å². The molecule has 0 aliphatic carbocycles. The fourth-order valence-corrected chi connectivity index (χ4v) is 1.66. The van der Waals surface area contributed by atoms with Crippen molar-refractivity contribution in [2.45, 2.75) is 6.92 Å². The molecule has 2 saturated heterocycles. The second-order valence-corrected chi connectivity index (χ2v) is 4.13. The van der Waals surface area contributed by atoms with E-state index in [1.54, 1.807) is 0 Å². The summed E-state index contributed by atoms with van der Waals surface area (Å²) in [4.78, 5) is 13.6. The Morgan fingerprint density at radius 3 is 2.62 bits per heavy atom. The molecule has 3 nitrogen and oxygen atoms in total. The SMILES string of the molecule is C#CC1CN(C(=O)C2(C)COC2)C1. The Balaban J connectivity index is 1.90. The summed E-state index contributed by atoms with van der Waals surface area (Å²) in [6.45, 7) is 4.52. The van der Waals surface area contributed by atoms with Crippen molar-refractivity contribution in [1.29, 1.82) is 0 Å². The van der Waals surface area contributed by atoms with Crippen molar-refractivity contribution >= 4 is 5.91 Å². The summed E-state index contributed by atoms with van der Waals surface area (Å²) in [5, 5.41) is 0. The van der Waals surface area contributed by atoms with Crippen LogP contribution in [0.2, 0.25) is 0 Å². The lowest BCUT2D eigenvalue weighted by Gasteiger charge is -2.45. The number of carbonyl (C=O) groups is 1. The van der Waals surface area contributed by atoms with Gasteiger partial charge in [0, 0.05) is 13.1 Å². The normalized spacial score (nSPS) is 25.7. The number of likely N-dealkylation sites (tertiary alicyclic amines) is 1. The molecule has 2 fully saturated rings. The lowest BCUT2D eigenvalue weighted by Crippen LogP contribution is -2.59. The third-order valence-electron chi connectivity index (χ3n) is 2.76. The van der Waals surface area contributed by atoms with Crippen LogP contribution in [-0.4, -0.2) is 37.1 Å². The molecule has 0 N–H and O–H groups in total. The summed E-state index contributed by atoms with van der Waals surface area (Å²) in [7, 11) is 0. The molecular formula is C10H13NO2. The highest BCUT2D eigenvalue weighted by Crippen LogP contribution is 2.31. The maximum absolute atomic E-state index is 11.8. The highest BCUT2D eigenvalue weighted by molar-refractivity contribution is 5.84. The summed E-state index contributed by atoms with van der Waals surface area (Å²) in [6.07, 6.45) is 5.24. The Bertz CT molecular complexity index is 269. The standard InChI is InChI=1S/C10H13NO2/c1-3-8-4-11(5-8)9(12)10(2)6-13-7-10/h1,8H,4-7H2,2H3. The molecule has 2 rings (SSSR count). The van der Waals surface area contributed by atoms with Gasteiger partial charge in [-0.15, -0.1) is 6.42 Å². The summed E-state index contributed by atoms with van der Waals surface area (Å²) in [5.41, 5.74) is -0.264. The Morgan fingerprint density at radius 1 is 1.62 bits per heavy atom. The van der Waals surface area contributed by atoms with Gasteiger partial charge in [0.05, 0.1) is 24.5 Å². The lowest BCUT2D eigenvalue weighted by atomic mass is 9.85. The molecule has 70 valence electrons. The molecule has 2 heterocycles. The van der Waals surface area contributed by atoms with Crippen molar-refractivity contribution < 1.29 is 9.53 Å². The summed E-state index contributed by atoms with van der Waals surface area (Å²) < 4.78 is 5.04. The van der Waals surface area contributed by atoms with Crippen molar-refractivity contribution in [1.82, 2.24) is 4.90 Å². The van der Waals surface area contributed by atoms with Gasteiger partial charge in [-0.2, -0.15) is 0 Å². The second kappa shape index (κ2) is 2.74. The van der Waals surface area contributed by atoms with Crippen LogP contribution in [0.15, 0.2) is 0 Å². The number of rotatable bonds is 1. The monoisotopic (exact) mass is 179 g/mol. The van der Waals surface area contributed by atoms with Crippen LogP contribution in [0.1, 0.15) is 6.92 Å². The molecule has 0 unspecified atom stereocenters. The van der Waals surface area contributed by atoms with Crippen LogP contribution in [0, 0.1) is 23.7 Å². The first-order valence-corrected chi connectivity index (χ1v) is 4.49. The molecule has 3 heteroatoms. The van der Waals surface area contributed by atoms with Gasteiger partial charge in [-0.25, -0.2) is 0 Å². The number of hydrogen-bond donors (Lipinski definition) is 0. The topological polar surface area (TPSA) is 29.5 Å². The van der Waals surface area contributed by atoms with E-state index in [2.05, 4.69) is 5.92 Å². The van der Waals surface area contributed by atoms with Crippen molar-refractivity contribution in [2.24, 2.45) is 11.3 Å². The molecule has 0 aromatic carbocycles. The number of amides is 1. The van der Waals surface area contributed by atoms with E-state index in [1.165, 1.54) is 0 Å². The van der Waals surface area contributed by atoms with E-state index in [1.807, 2.05) is 11.8 Å². The maximum atomic E-state index is 11.8. The number of nitrogens with zero attached hydrogens (tertiary/aromatic N) is 1. The van der Waals surface area contributed by atoms with E-state index in [4.69, 9.17) is 11.2 Å². The van der Waals surface area contributed by atoms with Crippen LogP contribution < -0.4 is 0 Å². The molecule has 0 spiro atoms. The smallest absolute Gasteiger partial charge is 0.233 e. The van der Waals surface area contributed by atoms with E-state index in [0.29, 0.717) is 13.2 Å². The molecule has 0 aromatic rings. The first-order chi connectivity index (χ1) is 6.15. The molecule has 2 aliphatic heterocycles. The number of hydrogen-bond acceptors (Lipinski definition) is 2. The van der Waals surface area contributed by atoms with E-state index in [9.17, 15) is 4.79 Å². The Morgan fingerprint density at radius 2 is 2.23 bits per heavy atom. The van der Waals surface area contributed by atoms with Gasteiger partial charge in [0.2, 0.25) is 5.91 Å². The molecule has 0 saturated carbocycles. The number of terminal acetylenes is 1. The van der Waals surface area contributed by atoms with Crippen LogP contribution in [0.3, 0.4) is 0 Å². The zero-order valence-electron chi connectivity index (χ0n) is 7.75. The van der Waals surface area contributed by atoms with Crippen molar-refractivity contribution in [3.63, 3.8) is 0 Å². The Kier molecular flexibility index (Phi) is 1.81. The van der Waals surface area contributed by atoms with E-state index >= 15 is 0 Å². The first kappa shape index (κ1) is 8.58. The molecular weight excluding hydrogens is 166 g/mol. The van der Waals surface area contributed by atoms with E-state index < -0.39 is 0 Å². The Hall–Kier alpha value is -1.01. The lowest BCUT2D eigenvalue weighted by molar-refractivity contribution is -0.173. The van der Waals surface area contributed by atoms with Crippen LogP contribution >= 0.6 is 0 Å². The maximum Gasteiger partial charge on any atom is 0.233 e. The summed E-state index contributed by atoms with van der Waals surface area (Å²) >= 11 is 0. The zero-order chi connectivity index (χ0) is 9.47. The molecule has 0 atom stereocenters. The van der Waals surface area contributed by atoms with Gasteiger partial charge in [-0.1, -0.05) is 5.92 Å². The van der Waals surface area contributed by atoms with Gasteiger partial charge in [0.15, 0.2) is 0 Å². The predicted octanol–water partition coefficient (Wildman–Crippen LogP) is 0.115. The minimum absolute atomic E-state index is 0.199. The predicted molar refractivity (Wildman–Crippen MR) is 47.8 cm³/mol. The third-order valence-corrected chi connectivity index (χ3v) is 2.76. The van der Waals surface area contributed by atoms with Gasteiger partial charge < -0.3 is 9.64 Å². The van der Waals surface area contributed by atoms with Crippen molar-refractivity contribution in [2.75, 3.05) is 26.3 Å². The van der Waals surface area contributed by atoms with Gasteiger partial charge in [-0.05, 0) is 6.92 Å². The zero-order valence-corrected chi connectivity index (χ0v) is 7.75. The minimum Gasteiger partial charge on any atom is -0.379 e. The fourth-order valence-electron chi connectivity index (χ4n) is 1.66. The fraction of sp³-hybridized carbons (Fsp3) is 0.700. The quantitative estimate of drug-likeness (QED) is 0.535. The molecule has 2 aliphatic rings. The van der Waals surface area contributed by atoms with Crippen molar-refractivity contribution in [3.05, 3.63) is 0 Å². The van der Waals surface area contributed by atoms with Crippen LogP contribution in [-0.2, 0) is 9.53 Å².